The number of hydrogen-bond donors (Lipinski definition) is 4. The van der Waals surface area contributed by atoms with Crippen molar-refractivity contribution in [3.05, 3.63) is 51.3 Å². The minimum absolute atomic E-state index is 0.146. The number of anilines is 2. The Kier molecular flexibility index (Phi) is 3.13. The molecule has 0 unspecified atom stereocenters. The molecule has 1 aromatic carbocycles. The molecule has 2 rings (SSSR count). The van der Waals surface area contributed by atoms with Crippen LogP contribution in [0.25, 0.3) is 0 Å². The first-order chi connectivity index (χ1) is 8.90. The number of H-pyrrole nitrogens is 2. The second kappa shape index (κ2) is 4.61. The summed E-state index contributed by atoms with van der Waals surface area (Å²) in [5.41, 5.74) is 4.16. The number of nitrogen functional groups attached to an aromatic ring is 1. The maximum absolute atomic E-state index is 12.0. The molecular formula is C10H10N4O4S. The molecule has 0 saturated carbocycles. The third-order valence-corrected chi connectivity index (χ3v) is 3.65. The second-order valence-corrected chi connectivity index (χ2v) is 5.28. The van der Waals surface area contributed by atoms with Gasteiger partial charge in [-0.3, -0.25) is 14.5 Å². The normalized spacial score (nSPS) is 11.2. The van der Waals surface area contributed by atoms with Gasteiger partial charge in [-0.2, -0.15) is 0 Å². The number of hydrogen-bond acceptors (Lipinski definition) is 5. The van der Waals surface area contributed by atoms with E-state index in [0.717, 1.165) is 6.20 Å². The molecule has 2 aromatic rings. The van der Waals surface area contributed by atoms with Crippen LogP contribution < -0.4 is 21.7 Å². The number of aromatic nitrogens is 2. The molecule has 0 aliphatic carbocycles. The average molecular weight is 282 g/mol. The number of nitrogens with one attached hydrogen (secondary N) is 3. The van der Waals surface area contributed by atoms with Gasteiger partial charge in [-0.15, -0.1) is 0 Å². The van der Waals surface area contributed by atoms with Crippen LogP contribution in [0.5, 0.6) is 0 Å². The summed E-state index contributed by atoms with van der Waals surface area (Å²) in [5.74, 6) is 0. The van der Waals surface area contributed by atoms with Gasteiger partial charge in [-0.25, -0.2) is 13.2 Å². The molecular weight excluding hydrogens is 272 g/mol. The quantitative estimate of drug-likeness (QED) is 0.559. The fourth-order valence-corrected chi connectivity index (χ4v) is 2.48. The van der Waals surface area contributed by atoms with Crippen molar-refractivity contribution < 1.29 is 8.42 Å². The number of benzene rings is 1. The van der Waals surface area contributed by atoms with E-state index in [0.29, 0.717) is 0 Å². The van der Waals surface area contributed by atoms with Crippen molar-refractivity contribution in [2.24, 2.45) is 0 Å². The van der Waals surface area contributed by atoms with Gasteiger partial charge >= 0.3 is 5.69 Å². The van der Waals surface area contributed by atoms with Gasteiger partial charge in [0.1, 0.15) is 0 Å². The van der Waals surface area contributed by atoms with Crippen LogP contribution in [0.3, 0.4) is 0 Å². The molecule has 0 aliphatic rings. The van der Waals surface area contributed by atoms with E-state index in [1.54, 1.807) is 12.1 Å². The van der Waals surface area contributed by atoms with Crippen molar-refractivity contribution in [3.63, 3.8) is 0 Å². The lowest BCUT2D eigenvalue weighted by atomic mass is 10.3. The van der Waals surface area contributed by atoms with Gasteiger partial charge in [-0.05, 0) is 12.1 Å². The van der Waals surface area contributed by atoms with E-state index in [1.165, 1.54) is 12.1 Å². The number of rotatable bonds is 3. The smallest absolute Gasteiger partial charge is 0.325 e. The average Bonchev–Trinajstić information content (AvgIpc) is 2.31. The summed E-state index contributed by atoms with van der Waals surface area (Å²) in [7, 11) is -4.13. The van der Waals surface area contributed by atoms with E-state index in [1.807, 2.05) is 4.98 Å². The van der Waals surface area contributed by atoms with E-state index in [9.17, 15) is 18.0 Å². The van der Waals surface area contributed by atoms with E-state index in [4.69, 9.17) is 5.73 Å². The Morgan fingerprint density at radius 1 is 1.16 bits per heavy atom. The summed E-state index contributed by atoms with van der Waals surface area (Å²) in [6.07, 6.45) is 0.822. The van der Waals surface area contributed by atoms with Crippen LogP contribution in [-0.4, -0.2) is 18.4 Å². The molecule has 0 saturated heterocycles. The Hall–Kier alpha value is -2.55. The molecule has 1 aromatic heterocycles. The van der Waals surface area contributed by atoms with Gasteiger partial charge in [0.05, 0.1) is 11.4 Å². The van der Waals surface area contributed by atoms with Crippen LogP contribution in [0.2, 0.25) is 0 Å². The molecule has 0 spiro atoms. The predicted octanol–water partition coefficient (Wildman–Crippen LogP) is -0.554. The molecule has 9 heteroatoms. The first-order valence-electron chi connectivity index (χ1n) is 5.09. The topological polar surface area (TPSA) is 138 Å². The lowest BCUT2D eigenvalue weighted by Gasteiger charge is -2.08. The van der Waals surface area contributed by atoms with Gasteiger partial charge in [-0.1, -0.05) is 12.1 Å². The van der Waals surface area contributed by atoms with Gasteiger partial charge < -0.3 is 10.7 Å². The van der Waals surface area contributed by atoms with E-state index >= 15 is 0 Å². The van der Waals surface area contributed by atoms with Gasteiger partial charge in [0, 0.05) is 6.20 Å². The predicted molar refractivity (Wildman–Crippen MR) is 69.3 cm³/mol. The Morgan fingerprint density at radius 2 is 1.84 bits per heavy atom. The maximum atomic E-state index is 12.0. The van der Waals surface area contributed by atoms with Crippen LogP contribution in [0.15, 0.2) is 44.9 Å². The summed E-state index contributed by atoms with van der Waals surface area (Å²) in [6, 6.07) is 6.19. The van der Waals surface area contributed by atoms with E-state index in [2.05, 4.69) is 9.71 Å². The van der Waals surface area contributed by atoms with Crippen LogP contribution in [0, 0.1) is 0 Å². The Morgan fingerprint density at radius 3 is 2.47 bits per heavy atom. The van der Waals surface area contributed by atoms with Gasteiger partial charge in [0.25, 0.3) is 15.6 Å². The van der Waals surface area contributed by atoms with Crippen LogP contribution >= 0.6 is 0 Å². The lowest BCUT2D eigenvalue weighted by molar-refractivity contribution is 0.599. The van der Waals surface area contributed by atoms with Crippen molar-refractivity contribution in [2.75, 3.05) is 10.5 Å². The fourth-order valence-electron chi connectivity index (χ4n) is 1.39. The third kappa shape index (κ3) is 2.65. The van der Waals surface area contributed by atoms with Crippen LogP contribution in [0.4, 0.5) is 11.4 Å². The highest BCUT2D eigenvalue weighted by Crippen LogP contribution is 2.19. The maximum Gasteiger partial charge on any atom is 0.325 e. The van der Waals surface area contributed by atoms with Gasteiger partial charge in [0.15, 0.2) is 4.90 Å². The summed E-state index contributed by atoms with van der Waals surface area (Å²) in [6.45, 7) is 0. The standard InChI is InChI=1S/C10H10N4O4S/c11-6-3-1-2-4-7(6)14-19(17,18)8-5-12-10(16)13-9(8)15/h1-5,14H,11H2,(H2,12,13,15,16). The molecule has 0 fully saturated rings. The fraction of sp³-hybridized carbons (Fsp3) is 0. The largest absolute Gasteiger partial charge is 0.397 e. The number of aromatic amines is 2. The molecule has 0 bridgehead atoms. The summed E-state index contributed by atoms with van der Waals surface area (Å²) in [4.78, 5) is 25.6. The van der Waals surface area contributed by atoms with Crippen molar-refractivity contribution in [1.29, 1.82) is 0 Å². The SMILES string of the molecule is Nc1ccccc1NS(=O)(=O)c1c[nH]c(=O)[nH]c1=O. The Bertz CT molecular complexity index is 822. The monoisotopic (exact) mass is 282 g/mol. The first kappa shape index (κ1) is 12.9. The van der Waals surface area contributed by atoms with E-state index in [-0.39, 0.29) is 11.4 Å². The number of para-hydroxylation sites is 2. The highest BCUT2D eigenvalue weighted by Gasteiger charge is 2.19. The molecule has 19 heavy (non-hydrogen) atoms. The molecule has 0 atom stereocenters. The zero-order chi connectivity index (χ0) is 14.0. The Labute approximate surface area is 107 Å². The third-order valence-electron chi connectivity index (χ3n) is 2.28. The van der Waals surface area contributed by atoms with Crippen molar-refractivity contribution in [3.8, 4) is 0 Å². The molecule has 0 radical (unpaired) electrons. The zero-order valence-electron chi connectivity index (χ0n) is 9.51. The summed E-state index contributed by atoms with van der Waals surface area (Å²) >= 11 is 0. The lowest BCUT2D eigenvalue weighted by Crippen LogP contribution is -2.29. The molecule has 8 nitrogen and oxygen atoms in total. The van der Waals surface area contributed by atoms with Crippen molar-refractivity contribution in [1.82, 2.24) is 9.97 Å². The molecule has 100 valence electrons. The second-order valence-electron chi connectivity index (χ2n) is 3.63. The number of nitrogens with two attached hydrogens (primary N) is 1. The van der Waals surface area contributed by atoms with Crippen LogP contribution in [0.1, 0.15) is 0 Å². The molecule has 1 heterocycles. The highest BCUT2D eigenvalue weighted by atomic mass is 32.2. The van der Waals surface area contributed by atoms with Gasteiger partial charge in [0.2, 0.25) is 0 Å². The first-order valence-corrected chi connectivity index (χ1v) is 6.58. The molecule has 0 amide bonds. The van der Waals surface area contributed by atoms with Crippen LogP contribution in [-0.2, 0) is 10.0 Å². The summed E-state index contributed by atoms with van der Waals surface area (Å²) in [5, 5.41) is 0. The number of sulfonamides is 1. The molecule has 5 N–H and O–H groups in total. The zero-order valence-corrected chi connectivity index (χ0v) is 10.3. The summed E-state index contributed by atoms with van der Waals surface area (Å²) < 4.78 is 26.1. The van der Waals surface area contributed by atoms with E-state index < -0.39 is 26.2 Å². The van der Waals surface area contributed by atoms with Crippen molar-refractivity contribution in [2.45, 2.75) is 4.90 Å². The van der Waals surface area contributed by atoms with Crippen molar-refractivity contribution >= 4 is 21.4 Å². The highest BCUT2D eigenvalue weighted by molar-refractivity contribution is 7.92. The minimum atomic E-state index is -4.13. The Balaban J connectivity index is 2.47. The minimum Gasteiger partial charge on any atom is -0.397 e. The molecule has 0 aliphatic heterocycles.